The molecular weight excluding hydrogens is 256 g/mol. The van der Waals surface area contributed by atoms with Crippen molar-refractivity contribution in [3.8, 4) is 5.75 Å². The number of benzene rings is 1. The van der Waals surface area contributed by atoms with Gasteiger partial charge in [0.15, 0.2) is 0 Å². The summed E-state index contributed by atoms with van der Waals surface area (Å²) in [6.07, 6.45) is 1.67. The maximum Gasteiger partial charge on any atom is 0.230 e. The molecule has 0 aromatic heterocycles. The smallest absolute Gasteiger partial charge is 0.230 e. The quantitative estimate of drug-likeness (QED) is 0.761. The van der Waals surface area contributed by atoms with Crippen LogP contribution in [-0.4, -0.2) is 32.0 Å². The molecule has 0 heterocycles. The van der Waals surface area contributed by atoms with Crippen molar-refractivity contribution in [3.63, 3.8) is 0 Å². The van der Waals surface area contributed by atoms with Crippen LogP contribution in [0.3, 0.4) is 0 Å². The molecule has 2 rings (SSSR count). The minimum absolute atomic E-state index is 0.00681. The van der Waals surface area contributed by atoms with Crippen LogP contribution in [0.4, 0.5) is 0 Å². The Balaban J connectivity index is 2.00. The first-order valence-corrected chi connectivity index (χ1v) is 6.76. The Morgan fingerprint density at radius 2 is 1.85 bits per heavy atom. The lowest BCUT2D eigenvalue weighted by Crippen LogP contribution is -2.39. The maximum absolute atomic E-state index is 12.4. The predicted octanol–water partition coefficient (Wildman–Crippen LogP) is 0.979. The molecule has 1 aliphatic carbocycles. The summed E-state index contributed by atoms with van der Waals surface area (Å²) in [6, 6.07) is 7.63. The fourth-order valence-corrected chi connectivity index (χ4v) is 2.37. The second-order valence-corrected chi connectivity index (χ2v) is 5.02. The molecule has 1 aromatic rings. The largest absolute Gasteiger partial charge is 0.496 e. The van der Waals surface area contributed by atoms with Gasteiger partial charge in [0.1, 0.15) is 5.75 Å². The van der Waals surface area contributed by atoms with Gasteiger partial charge in [-0.25, -0.2) is 0 Å². The molecular formula is C15H20N2O3. The first kappa shape index (κ1) is 14.4. The molecule has 0 bridgehead atoms. The Hall–Kier alpha value is -2.04. The summed E-state index contributed by atoms with van der Waals surface area (Å²) in [5.41, 5.74) is 0.488. The van der Waals surface area contributed by atoms with Gasteiger partial charge in [0.05, 0.1) is 12.5 Å². The van der Waals surface area contributed by atoms with Crippen LogP contribution in [0.1, 0.15) is 25.3 Å². The third-order valence-electron chi connectivity index (χ3n) is 3.59. The van der Waals surface area contributed by atoms with E-state index in [1.54, 1.807) is 7.11 Å². The van der Waals surface area contributed by atoms with E-state index in [4.69, 9.17) is 4.74 Å². The number of para-hydroxylation sites is 1. The highest BCUT2D eigenvalue weighted by atomic mass is 16.5. The van der Waals surface area contributed by atoms with E-state index < -0.39 is 5.41 Å². The highest BCUT2D eigenvalue weighted by Gasteiger charge is 2.52. The van der Waals surface area contributed by atoms with Crippen molar-refractivity contribution in [2.45, 2.75) is 25.2 Å². The van der Waals surface area contributed by atoms with Gasteiger partial charge in [-0.15, -0.1) is 0 Å². The van der Waals surface area contributed by atoms with Crippen LogP contribution < -0.4 is 15.4 Å². The van der Waals surface area contributed by atoms with Crippen LogP contribution in [0.2, 0.25) is 0 Å². The number of amides is 2. The fraction of sp³-hybridized carbons (Fsp3) is 0.467. The van der Waals surface area contributed by atoms with Crippen molar-refractivity contribution >= 4 is 11.8 Å². The van der Waals surface area contributed by atoms with Gasteiger partial charge in [-0.2, -0.15) is 0 Å². The molecule has 1 fully saturated rings. The first-order chi connectivity index (χ1) is 9.60. The Morgan fingerprint density at radius 1 is 1.20 bits per heavy atom. The van der Waals surface area contributed by atoms with Gasteiger partial charge < -0.3 is 15.4 Å². The number of ether oxygens (including phenoxy) is 1. The van der Waals surface area contributed by atoms with Crippen LogP contribution in [0, 0.1) is 0 Å². The highest BCUT2D eigenvalue weighted by molar-refractivity contribution is 5.92. The number of hydrogen-bond acceptors (Lipinski definition) is 3. The average molecular weight is 276 g/mol. The molecule has 0 unspecified atom stereocenters. The number of nitrogens with one attached hydrogen (secondary N) is 2. The van der Waals surface area contributed by atoms with Gasteiger partial charge in [0.25, 0.3) is 0 Å². The number of methoxy groups -OCH3 is 1. The molecule has 2 amide bonds. The second-order valence-electron chi connectivity index (χ2n) is 5.02. The maximum atomic E-state index is 12.4. The van der Waals surface area contributed by atoms with Gasteiger partial charge in [-0.05, 0) is 18.9 Å². The normalized spacial score (nSPS) is 15.3. The number of carbonyl (C=O) groups excluding carboxylic acids is 2. The molecule has 1 aromatic carbocycles. The van der Waals surface area contributed by atoms with Gasteiger partial charge in [0, 0.05) is 25.6 Å². The molecule has 0 radical (unpaired) electrons. The van der Waals surface area contributed by atoms with E-state index in [2.05, 4.69) is 10.6 Å². The molecule has 0 aliphatic heterocycles. The second kappa shape index (κ2) is 5.94. The Bertz CT molecular complexity index is 510. The number of rotatable bonds is 6. The molecule has 20 heavy (non-hydrogen) atoms. The van der Waals surface area contributed by atoms with Gasteiger partial charge in [-0.3, -0.25) is 9.59 Å². The minimum Gasteiger partial charge on any atom is -0.496 e. The van der Waals surface area contributed by atoms with Crippen LogP contribution in [0.25, 0.3) is 0 Å². The van der Waals surface area contributed by atoms with Crippen molar-refractivity contribution in [2.24, 2.45) is 0 Å². The monoisotopic (exact) mass is 276 g/mol. The SMILES string of the molecule is COc1ccccc1C1(C(=O)NCCNC(C)=O)CC1. The molecule has 0 spiro atoms. The molecule has 2 N–H and O–H groups in total. The third-order valence-corrected chi connectivity index (χ3v) is 3.59. The Labute approximate surface area is 118 Å². The van der Waals surface area contributed by atoms with Gasteiger partial charge >= 0.3 is 0 Å². The van der Waals surface area contributed by atoms with E-state index in [0.29, 0.717) is 13.1 Å². The molecule has 5 heteroatoms. The third kappa shape index (κ3) is 2.92. The molecule has 108 valence electrons. The van der Waals surface area contributed by atoms with Crippen molar-refractivity contribution < 1.29 is 14.3 Å². The van der Waals surface area contributed by atoms with Gasteiger partial charge in [-0.1, -0.05) is 18.2 Å². The van der Waals surface area contributed by atoms with Crippen molar-refractivity contribution in [3.05, 3.63) is 29.8 Å². The van der Waals surface area contributed by atoms with E-state index in [0.717, 1.165) is 24.2 Å². The van der Waals surface area contributed by atoms with Crippen LogP contribution in [0.5, 0.6) is 5.75 Å². The van der Waals surface area contributed by atoms with E-state index in [-0.39, 0.29) is 11.8 Å². The fourth-order valence-electron chi connectivity index (χ4n) is 2.37. The van der Waals surface area contributed by atoms with E-state index in [9.17, 15) is 9.59 Å². The highest BCUT2D eigenvalue weighted by Crippen LogP contribution is 2.51. The topological polar surface area (TPSA) is 67.4 Å². The predicted molar refractivity (Wildman–Crippen MR) is 75.6 cm³/mol. The Morgan fingerprint density at radius 3 is 2.45 bits per heavy atom. The van der Waals surface area contributed by atoms with E-state index in [1.165, 1.54) is 6.92 Å². The molecule has 0 saturated heterocycles. The van der Waals surface area contributed by atoms with Crippen LogP contribution in [0.15, 0.2) is 24.3 Å². The summed E-state index contributed by atoms with van der Waals surface area (Å²) in [4.78, 5) is 23.1. The lowest BCUT2D eigenvalue weighted by Gasteiger charge is -2.18. The summed E-state index contributed by atoms with van der Waals surface area (Å²) in [5.74, 6) is 0.666. The van der Waals surface area contributed by atoms with E-state index >= 15 is 0 Å². The summed E-state index contributed by atoms with van der Waals surface area (Å²) >= 11 is 0. The van der Waals surface area contributed by atoms with Crippen LogP contribution >= 0.6 is 0 Å². The van der Waals surface area contributed by atoms with E-state index in [1.807, 2.05) is 24.3 Å². The zero-order valence-electron chi connectivity index (χ0n) is 11.9. The zero-order valence-corrected chi connectivity index (χ0v) is 11.9. The Kier molecular flexibility index (Phi) is 4.27. The van der Waals surface area contributed by atoms with Crippen molar-refractivity contribution in [1.29, 1.82) is 0 Å². The first-order valence-electron chi connectivity index (χ1n) is 6.76. The zero-order chi connectivity index (χ0) is 14.6. The number of carbonyl (C=O) groups is 2. The summed E-state index contributed by atoms with van der Waals surface area (Å²) in [5, 5.41) is 5.54. The van der Waals surface area contributed by atoms with Crippen molar-refractivity contribution in [1.82, 2.24) is 10.6 Å². The lowest BCUT2D eigenvalue weighted by molar-refractivity contribution is -0.124. The standard InChI is InChI=1S/C15H20N2O3/c1-11(18)16-9-10-17-14(19)15(7-8-15)12-5-3-4-6-13(12)20-2/h3-6H,7-10H2,1-2H3,(H,16,18)(H,17,19). The minimum atomic E-state index is -0.456. The molecule has 1 saturated carbocycles. The molecule has 5 nitrogen and oxygen atoms in total. The molecule has 0 atom stereocenters. The van der Waals surface area contributed by atoms with Crippen molar-refractivity contribution in [2.75, 3.05) is 20.2 Å². The summed E-state index contributed by atoms with van der Waals surface area (Å²) in [7, 11) is 1.61. The summed E-state index contributed by atoms with van der Waals surface area (Å²) < 4.78 is 5.34. The van der Waals surface area contributed by atoms with Crippen LogP contribution in [-0.2, 0) is 15.0 Å². The number of hydrogen-bond donors (Lipinski definition) is 2. The van der Waals surface area contributed by atoms with Gasteiger partial charge in [0.2, 0.25) is 11.8 Å². The summed E-state index contributed by atoms with van der Waals surface area (Å²) in [6.45, 7) is 2.34. The molecule has 1 aliphatic rings. The average Bonchev–Trinajstić information content (AvgIpc) is 3.24. The lowest BCUT2D eigenvalue weighted by atomic mass is 9.94.